The van der Waals surface area contributed by atoms with Crippen molar-refractivity contribution in [1.82, 2.24) is 10.2 Å². The van der Waals surface area contributed by atoms with Crippen LogP contribution in [-0.4, -0.2) is 56.4 Å². The standard InChI is InChI=1S/C14H25F3N2O2/c1-4-21-12(20)13(18-8-9-19(2)3)7-5-6-11(10-13)14(15,16)17/h11,18H,4-10H2,1-3H3. The lowest BCUT2D eigenvalue weighted by atomic mass is 9.75. The van der Waals surface area contributed by atoms with Crippen molar-refractivity contribution in [1.29, 1.82) is 0 Å². The fourth-order valence-corrected chi connectivity index (χ4v) is 2.76. The zero-order chi connectivity index (χ0) is 16.1. The van der Waals surface area contributed by atoms with E-state index in [4.69, 9.17) is 4.74 Å². The molecule has 1 aliphatic carbocycles. The number of carbonyl (C=O) groups is 1. The molecule has 0 aromatic carbocycles. The predicted octanol–water partition coefficient (Wildman–Crippen LogP) is 2.19. The maximum Gasteiger partial charge on any atom is 0.391 e. The zero-order valence-corrected chi connectivity index (χ0v) is 12.9. The Hall–Kier alpha value is -0.820. The number of nitrogens with one attached hydrogen (secondary N) is 1. The topological polar surface area (TPSA) is 41.6 Å². The number of halogens is 3. The number of ether oxygens (including phenoxy) is 1. The van der Waals surface area contributed by atoms with E-state index in [2.05, 4.69) is 5.32 Å². The van der Waals surface area contributed by atoms with E-state index in [1.807, 2.05) is 19.0 Å². The van der Waals surface area contributed by atoms with Gasteiger partial charge in [0.1, 0.15) is 5.54 Å². The van der Waals surface area contributed by atoms with Crippen LogP contribution < -0.4 is 5.32 Å². The van der Waals surface area contributed by atoms with Crippen LogP contribution in [0.1, 0.15) is 32.6 Å². The molecule has 0 spiro atoms. The highest BCUT2D eigenvalue weighted by Crippen LogP contribution is 2.42. The highest BCUT2D eigenvalue weighted by atomic mass is 19.4. The first-order valence-electron chi connectivity index (χ1n) is 7.35. The lowest BCUT2D eigenvalue weighted by molar-refractivity contribution is -0.192. The number of rotatable bonds is 6. The molecule has 0 aliphatic heterocycles. The number of hydrogen-bond donors (Lipinski definition) is 1. The smallest absolute Gasteiger partial charge is 0.391 e. The fraction of sp³-hybridized carbons (Fsp3) is 0.929. The molecular formula is C14H25F3N2O2. The van der Waals surface area contributed by atoms with Gasteiger partial charge in [-0.05, 0) is 40.3 Å². The van der Waals surface area contributed by atoms with E-state index in [0.717, 1.165) is 0 Å². The Kier molecular flexibility index (Phi) is 6.46. The lowest BCUT2D eigenvalue weighted by Crippen LogP contribution is -2.58. The second-order valence-electron chi connectivity index (χ2n) is 5.87. The van der Waals surface area contributed by atoms with Gasteiger partial charge in [0, 0.05) is 13.1 Å². The first-order chi connectivity index (χ1) is 9.71. The molecule has 0 aromatic heterocycles. The molecule has 21 heavy (non-hydrogen) atoms. The monoisotopic (exact) mass is 310 g/mol. The molecule has 1 rings (SSSR count). The van der Waals surface area contributed by atoms with Gasteiger partial charge < -0.3 is 15.0 Å². The number of esters is 1. The number of likely N-dealkylation sites (N-methyl/N-ethyl adjacent to an activating group) is 1. The zero-order valence-electron chi connectivity index (χ0n) is 12.9. The molecule has 0 amide bonds. The largest absolute Gasteiger partial charge is 0.465 e. The summed E-state index contributed by atoms with van der Waals surface area (Å²) in [7, 11) is 3.75. The molecule has 1 saturated carbocycles. The average Bonchev–Trinajstić information content (AvgIpc) is 2.38. The second kappa shape index (κ2) is 7.45. The minimum absolute atomic E-state index is 0.0833. The summed E-state index contributed by atoms with van der Waals surface area (Å²) in [6.07, 6.45) is -3.64. The maximum atomic E-state index is 13.0. The van der Waals surface area contributed by atoms with E-state index < -0.39 is 23.6 Å². The molecule has 2 unspecified atom stereocenters. The Balaban J connectivity index is 2.83. The molecule has 0 heterocycles. The summed E-state index contributed by atoms with van der Waals surface area (Å²) < 4.78 is 44.0. The van der Waals surface area contributed by atoms with Crippen LogP contribution in [0, 0.1) is 5.92 Å². The molecule has 0 saturated heterocycles. The summed E-state index contributed by atoms with van der Waals surface area (Å²) in [6.45, 7) is 2.94. The highest BCUT2D eigenvalue weighted by molar-refractivity contribution is 5.81. The van der Waals surface area contributed by atoms with Crippen LogP contribution in [0.2, 0.25) is 0 Å². The number of alkyl halides is 3. The van der Waals surface area contributed by atoms with Gasteiger partial charge in [0.2, 0.25) is 0 Å². The van der Waals surface area contributed by atoms with Crippen molar-refractivity contribution >= 4 is 5.97 Å². The summed E-state index contributed by atoms with van der Waals surface area (Å²) in [5, 5.41) is 3.04. The van der Waals surface area contributed by atoms with E-state index in [9.17, 15) is 18.0 Å². The molecule has 124 valence electrons. The average molecular weight is 310 g/mol. The van der Waals surface area contributed by atoms with Gasteiger partial charge in [-0.3, -0.25) is 4.79 Å². The molecule has 0 bridgehead atoms. The lowest BCUT2D eigenvalue weighted by Gasteiger charge is -2.40. The van der Waals surface area contributed by atoms with Crippen molar-refractivity contribution in [2.24, 2.45) is 5.92 Å². The highest BCUT2D eigenvalue weighted by Gasteiger charge is 2.51. The molecule has 1 N–H and O–H groups in total. The molecule has 2 atom stereocenters. The van der Waals surface area contributed by atoms with Gasteiger partial charge in [0.05, 0.1) is 12.5 Å². The van der Waals surface area contributed by atoms with E-state index in [1.54, 1.807) is 6.92 Å². The molecular weight excluding hydrogens is 285 g/mol. The van der Waals surface area contributed by atoms with Crippen LogP contribution in [0.15, 0.2) is 0 Å². The van der Waals surface area contributed by atoms with Crippen molar-refractivity contribution in [2.45, 2.75) is 44.3 Å². The van der Waals surface area contributed by atoms with Gasteiger partial charge in [0.15, 0.2) is 0 Å². The second-order valence-corrected chi connectivity index (χ2v) is 5.87. The van der Waals surface area contributed by atoms with Gasteiger partial charge in [-0.1, -0.05) is 6.42 Å². The minimum Gasteiger partial charge on any atom is -0.465 e. The number of nitrogens with zero attached hydrogens (tertiary/aromatic N) is 1. The van der Waals surface area contributed by atoms with Crippen LogP contribution in [0.4, 0.5) is 13.2 Å². The Morgan fingerprint density at radius 1 is 1.43 bits per heavy atom. The number of hydrogen-bond acceptors (Lipinski definition) is 4. The van der Waals surface area contributed by atoms with E-state index in [1.165, 1.54) is 0 Å². The normalized spacial score (nSPS) is 26.9. The van der Waals surface area contributed by atoms with Gasteiger partial charge in [-0.15, -0.1) is 0 Å². The fourth-order valence-electron chi connectivity index (χ4n) is 2.76. The molecule has 7 heteroatoms. The van der Waals surface area contributed by atoms with Crippen molar-refractivity contribution in [3.63, 3.8) is 0 Å². The third-order valence-corrected chi connectivity index (χ3v) is 3.90. The predicted molar refractivity (Wildman–Crippen MR) is 73.9 cm³/mol. The SMILES string of the molecule is CCOC(=O)C1(NCCN(C)C)CCCC(C(F)(F)F)C1. The van der Waals surface area contributed by atoms with Crippen molar-refractivity contribution in [2.75, 3.05) is 33.8 Å². The van der Waals surface area contributed by atoms with Gasteiger partial charge >= 0.3 is 12.1 Å². The molecule has 0 radical (unpaired) electrons. The van der Waals surface area contributed by atoms with E-state index in [0.29, 0.717) is 25.9 Å². The maximum absolute atomic E-state index is 13.0. The summed E-state index contributed by atoms with van der Waals surface area (Å²) in [6, 6.07) is 0. The van der Waals surface area contributed by atoms with Crippen molar-refractivity contribution in [3.8, 4) is 0 Å². The third kappa shape index (κ3) is 5.14. The van der Waals surface area contributed by atoms with E-state index in [-0.39, 0.29) is 19.4 Å². The Morgan fingerprint density at radius 2 is 2.10 bits per heavy atom. The van der Waals surface area contributed by atoms with E-state index >= 15 is 0 Å². The Labute approximate surface area is 124 Å². The third-order valence-electron chi connectivity index (χ3n) is 3.90. The Morgan fingerprint density at radius 3 is 2.62 bits per heavy atom. The summed E-state index contributed by atoms with van der Waals surface area (Å²) in [4.78, 5) is 14.1. The van der Waals surface area contributed by atoms with Gasteiger partial charge in [-0.2, -0.15) is 13.2 Å². The van der Waals surface area contributed by atoms with Crippen LogP contribution in [0.3, 0.4) is 0 Å². The van der Waals surface area contributed by atoms with Gasteiger partial charge in [-0.25, -0.2) is 0 Å². The molecule has 4 nitrogen and oxygen atoms in total. The summed E-state index contributed by atoms with van der Waals surface area (Å²) in [5.41, 5.74) is -1.20. The molecule has 1 aliphatic rings. The first-order valence-corrected chi connectivity index (χ1v) is 7.35. The van der Waals surface area contributed by atoms with Crippen molar-refractivity contribution in [3.05, 3.63) is 0 Å². The van der Waals surface area contributed by atoms with Crippen LogP contribution in [0.5, 0.6) is 0 Å². The van der Waals surface area contributed by atoms with Crippen molar-refractivity contribution < 1.29 is 22.7 Å². The van der Waals surface area contributed by atoms with Gasteiger partial charge in [0.25, 0.3) is 0 Å². The summed E-state index contributed by atoms with van der Waals surface area (Å²) >= 11 is 0. The van der Waals surface area contributed by atoms with Crippen LogP contribution >= 0.6 is 0 Å². The number of carbonyl (C=O) groups excluding carboxylic acids is 1. The molecule has 0 aromatic rings. The molecule has 1 fully saturated rings. The minimum atomic E-state index is -4.26. The quantitative estimate of drug-likeness (QED) is 0.764. The Bertz CT molecular complexity index is 348. The van der Waals surface area contributed by atoms with Crippen LogP contribution in [0.25, 0.3) is 0 Å². The van der Waals surface area contributed by atoms with Crippen LogP contribution in [-0.2, 0) is 9.53 Å². The summed E-state index contributed by atoms with van der Waals surface area (Å²) in [5.74, 6) is -2.00. The first kappa shape index (κ1) is 18.2.